The monoisotopic (exact) mass is 801 g/mol. The summed E-state index contributed by atoms with van der Waals surface area (Å²) in [6.45, 7) is 23.8. The Morgan fingerprint density at radius 3 is 0.926 bits per heavy atom. The average Bonchev–Trinajstić information content (AvgIpc) is 3.19. The molecule has 0 aromatic carbocycles. The minimum absolute atomic E-state index is 0.628. The molecule has 2 aromatic heterocycles. The molecule has 2 aromatic rings. The summed E-state index contributed by atoms with van der Waals surface area (Å²) in [6, 6.07) is 8.79. The molecule has 2 heterocycles. The summed E-state index contributed by atoms with van der Waals surface area (Å²) < 4.78 is 35.6. The number of hydrogen-bond donors (Lipinski definition) is 0. The number of hydrogen-bond acceptors (Lipinski definition) is 8. The van der Waals surface area contributed by atoms with Crippen molar-refractivity contribution >= 4 is 21.7 Å². The van der Waals surface area contributed by atoms with Crippen LogP contribution in [0.2, 0.25) is 0 Å². The molecule has 0 fully saturated rings. The third-order valence-corrected chi connectivity index (χ3v) is 13.6. The number of nitrogens with zero attached hydrogens (tertiary/aromatic N) is 2. The van der Waals surface area contributed by atoms with Gasteiger partial charge in [-0.1, -0.05) is 91.9 Å². The van der Waals surface area contributed by atoms with E-state index in [2.05, 4.69) is 34.2 Å². The Labute approximate surface area is 337 Å². The van der Waals surface area contributed by atoms with Gasteiger partial charge in [-0.15, -0.1) is 0 Å². The lowest BCUT2D eigenvalue weighted by Gasteiger charge is -2.36. The van der Waals surface area contributed by atoms with E-state index in [0.717, 1.165) is 48.6 Å². The molecule has 0 atom stereocenters. The van der Waals surface area contributed by atoms with Crippen molar-refractivity contribution in [3.63, 3.8) is 0 Å². The molecule has 0 spiro atoms. The van der Waals surface area contributed by atoms with Gasteiger partial charge in [0.15, 0.2) is 0 Å². The molecule has 318 valence electrons. The first-order chi connectivity index (χ1) is 26.5. The maximum atomic E-state index is 5.93. The van der Waals surface area contributed by atoms with Gasteiger partial charge in [0.2, 0.25) is 0 Å². The Balaban J connectivity index is 0.00000678. The van der Waals surface area contributed by atoms with E-state index in [-0.39, 0.29) is 0 Å². The van der Waals surface area contributed by atoms with Crippen LogP contribution < -0.4 is 0 Å². The Morgan fingerprint density at radius 1 is 0.389 bits per heavy atom. The second-order valence-corrected chi connectivity index (χ2v) is 17.0. The highest BCUT2D eigenvalue weighted by atomic mass is 32.3. The fourth-order valence-corrected chi connectivity index (χ4v) is 10.5. The second kappa shape index (κ2) is 36.1. The summed E-state index contributed by atoms with van der Waals surface area (Å²) >= 11 is 0. The summed E-state index contributed by atoms with van der Waals surface area (Å²) in [5.41, 5.74) is 4.67. The Morgan fingerprint density at radius 2 is 0.648 bits per heavy atom. The molecular formula is C44H84N2O6S2. The summed E-state index contributed by atoms with van der Waals surface area (Å²) in [6.07, 6.45) is 23.2. The second-order valence-electron chi connectivity index (χ2n) is 12.5. The molecule has 0 aliphatic heterocycles. The minimum atomic E-state index is -1.84. The summed E-state index contributed by atoms with van der Waals surface area (Å²) in [4.78, 5) is 9.34. The normalized spacial score (nSPS) is 12.1. The zero-order valence-electron chi connectivity index (χ0n) is 36.6. The lowest BCUT2D eigenvalue weighted by Crippen LogP contribution is -2.16. The van der Waals surface area contributed by atoms with E-state index in [0.29, 0.717) is 39.6 Å². The third-order valence-electron chi connectivity index (χ3n) is 8.42. The number of rotatable bonds is 33. The van der Waals surface area contributed by atoms with Crippen molar-refractivity contribution in [2.75, 3.05) is 51.1 Å². The van der Waals surface area contributed by atoms with Gasteiger partial charge in [-0.3, -0.25) is 35.1 Å². The highest BCUT2D eigenvalue weighted by Crippen LogP contribution is 2.53. The Hall–Kier alpha value is -1.24. The van der Waals surface area contributed by atoms with E-state index in [9.17, 15) is 0 Å². The first-order valence-electron chi connectivity index (χ1n) is 21.9. The zero-order chi connectivity index (χ0) is 40.2. The smallest absolute Gasteiger partial charge is 0.0888 e. The zero-order valence-corrected chi connectivity index (χ0v) is 38.2. The fourth-order valence-electron chi connectivity index (χ4n) is 6.16. The van der Waals surface area contributed by atoms with Crippen LogP contribution in [-0.4, -0.2) is 61.1 Å². The summed E-state index contributed by atoms with van der Waals surface area (Å²) in [5, 5.41) is 0. The minimum Gasteiger partial charge on any atom is -0.293 e. The van der Waals surface area contributed by atoms with Crippen LogP contribution >= 0.6 is 21.7 Å². The van der Waals surface area contributed by atoms with Crippen LogP contribution in [0.3, 0.4) is 0 Å². The fraction of sp³-hybridized carbons (Fsp3) is 0.773. The van der Waals surface area contributed by atoms with Gasteiger partial charge in [0, 0.05) is 23.9 Å². The molecule has 10 heteroatoms. The topological polar surface area (TPSA) is 81.2 Å². The van der Waals surface area contributed by atoms with Crippen LogP contribution in [0.4, 0.5) is 0 Å². The third kappa shape index (κ3) is 23.7. The lowest BCUT2D eigenvalue weighted by molar-refractivity contribution is 0.184. The van der Waals surface area contributed by atoms with Crippen molar-refractivity contribution in [2.45, 2.75) is 172 Å². The highest BCUT2D eigenvalue weighted by Gasteiger charge is 2.26. The van der Waals surface area contributed by atoms with Gasteiger partial charge in [-0.2, -0.15) is 0 Å². The van der Waals surface area contributed by atoms with Gasteiger partial charge in [0.25, 0.3) is 0 Å². The molecule has 0 amide bonds. The van der Waals surface area contributed by atoms with Crippen molar-refractivity contribution in [3.05, 3.63) is 47.8 Å². The van der Waals surface area contributed by atoms with Crippen LogP contribution in [0.15, 0.2) is 36.7 Å². The predicted octanol–water partition coefficient (Wildman–Crippen LogP) is 14.1. The largest absolute Gasteiger partial charge is 0.293 e. The van der Waals surface area contributed by atoms with Gasteiger partial charge < -0.3 is 0 Å². The van der Waals surface area contributed by atoms with Crippen molar-refractivity contribution in [1.29, 1.82) is 0 Å². The molecule has 0 aliphatic rings. The molecule has 0 N–H and O–H groups in total. The highest BCUT2D eigenvalue weighted by molar-refractivity contribution is 8.22. The van der Waals surface area contributed by atoms with E-state index in [4.69, 9.17) is 25.1 Å². The van der Waals surface area contributed by atoms with E-state index in [1.165, 1.54) is 88.2 Å². The molecule has 2 rings (SSSR count). The molecular weight excluding hydrogens is 717 g/mol. The first kappa shape index (κ1) is 52.8. The van der Waals surface area contributed by atoms with Crippen LogP contribution in [0.5, 0.6) is 0 Å². The van der Waals surface area contributed by atoms with Gasteiger partial charge >= 0.3 is 0 Å². The van der Waals surface area contributed by atoms with Crippen molar-refractivity contribution in [3.8, 4) is 11.4 Å². The van der Waals surface area contributed by atoms with Crippen molar-refractivity contribution in [1.82, 2.24) is 9.97 Å². The van der Waals surface area contributed by atoms with Gasteiger partial charge in [-0.05, 0) is 115 Å². The van der Waals surface area contributed by atoms with E-state index >= 15 is 0 Å². The number of aryl methyl sites for hydroxylation is 2. The standard InChI is InChI=1S/C40H72N2O6S2.2C2H6/c1-7-43-49(44-8-2,45-9-3)33-25-21-17-13-15-19-23-27-37-29-31-41-39(35-37)40-36-38(30-32-42-40)28-24-20-16-14-18-22-26-34-50(46-10-4,47-11-5)48-12-6;2*1-2/h29-32,35-36H,7-28,33-34H2,1-6H3;2*1-2H3. The SMILES string of the molecule is CC.CC.CCOS(CCCCCCCCCc1ccnc(-c2cc(CCCCCCCCCS(OCC)(OCC)OCC)ccn2)c1)(OCC)OCC. The summed E-state index contributed by atoms with van der Waals surface area (Å²) in [5.74, 6) is 1.74. The van der Waals surface area contributed by atoms with E-state index in [1.807, 2.05) is 81.6 Å². The maximum Gasteiger partial charge on any atom is 0.0888 e. The van der Waals surface area contributed by atoms with Gasteiger partial charge in [0.1, 0.15) is 0 Å². The molecule has 0 saturated heterocycles. The molecule has 0 aliphatic carbocycles. The molecule has 0 radical (unpaired) electrons. The van der Waals surface area contributed by atoms with Crippen molar-refractivity contribution in [2.24, 2.45) is 0 Å². The van der Waals surface area contributed by atoms with E-state index < -0.39 is 21.7 Å². The first-order valence-corrected chi connectivity index (χ1v) is 25.0. The van der Waals surface area contributed by atoms with Gasteiger partial charge in [0.05, 0.1) is 72.8 Å². The average molecular weight is 801 g/mol. The molecule has 8 nitrogen and oxygen atoms in total. The predicted molar refractivity (Wildman–Crippen MR) is 237 cm³/mol. The Kier molecular flexibility index (Phi) is 35.3. The number of unbranched alkanes of at least 4 members (excludes halogenated alkanes) is 12. The molecule has 0 bridgehead atoms. The maximum absolute atomic E-state index is 5.93. The van der Waals surface area contributed by atoms with Crippen LogP contribution in [-0.2, 0) is 37.9 Å². The Bertz CT molecular complexity index is 993. The van der Waals surface area contributed by atoms with Crippen LogP contribution in [0.1, 0.15) is 170 Å². The molecule has 54 heavy (non-hydrogen) atoms. The number of aromatic nitrogens is 2. The summed E-state index contributed by atoms with van der Waals surface area (Å²) in [7, 11) is -3.68. The van der Waals surface area contributed by atoms with E-state index in [1.54, 1.807) is 0 Å². The van der Waals surface area contributed by atoms with Gasteiger partial charge in [-0.25, -0.2) is 0 Å². The lowest BCUT2D eigenvalue weighted by atomic mass is 10.0. The number of pyridine rings is 2. The van der Waals surface area contributed by atoms with Crippen LogP contribution in [0, 0.1) is 0 Å². The molecule has 0 saturated carbocycles. The van der Waals surface area contributed by atoms with Crippen LogP contribution in [0.25, 0.3) is 11.4 Å². The molecule has 0 unspecified atom stereocenters. The quantitative estimate of drug-likeness (QED) is 0.0660. The van der Waals surface area contributed by atoms with Crippen molar-refractivity contribution < 1.29 is 25.1 Å².